The van der Waals surface area contributed by atoms with Gasteiger partial charge in [0.2, 0.25) is 0 Å². The minimum absolute atomic E-state index is 0.0192. The van der Waals surface area contributed by atoms with Gasteiger partial charge in [-0.15, -0.1) is 0 Å². The van der Waals surface area contributed by atoms with Crippen LogP contribution in [-0.4, -0.2) is 88.4 Å². The second-order valence-electron chi connectivity index (χ2n) is 8.97. The van der Waals surface area contributed by atoms with Crippen LogP contribution in [-0.2, 0) is 20.8 Å². The van der Waals surface area contributed by atoms with Gasteiger partial charge in [-0.1, -0.05) is 0 Å². The Morgan fingerprint density at radius 2 is 2.21 bits per heavy atom. The van der Waals surface area contributed by atoms with Crippen molar-refractivity contribution in [2.24, 2.45) is 0 Å². The van der Waals surface area contributed by atoms with Crippen LogP contribution in [0.4, 0.5) is 4.79 Å². The van der Waals surface area contributed by atoms with Crippen molar-refractivity contribution in [3.8, 4) is 0 Å². The Kier molecular flexibility index (Phi) is 7.64. The minimum atomic E-state index is -0.580. The summed E-state index contributed by atoms with van der Waals surface area (Å²) >= 11 is 0. The Bertz CT molecular complexity index is 1010. The van der Waals surface area contributed by atoms with E-state index in [9.17, 15) is 14.7 Å². The third kappa shape index (κ3) is 5.31. The number of aliphatic hydroxyl groups is 1. The molecule has 2 aromatic rings. The molecule has 2 aliphatic rings. The highest BCUT2D eigenvalue weighted by molar-refractivity contribution is 5.84. The van der Waals surface area contributed by atoms with Crippen molar-refractivity contribution in [3.63, 3.8) is 0 Å². The van der Waals surface area contributed by atoms with E-state index in [2.05, 4.69) is 15.4 Å². The third-order valence-corrected chi connectivity index (χ3v) is 6.36. The van der Waals surface area contributed by atoms with Crippen LogP contribution in [0.1, 0.15) is 43.6 Å². The smallest absolute Gasteiger partial charge is 0.406 e. The number of alkyl carbamates (subject to hydrolysis) is 1. The number of ether oxygens (including phenoxy) is 2. The second-order valence-corrected chi connectivity index (χ2v) is 8.97. The van der Waals surface area contributed by atoms with Crippen LogP contribution in [0, 0.1) is 6.92 Å². The Labute approximate surface area is 198 Å². The molecule has 186 valence electrons. The Morgan fingerprint density at radius 3 is 2.85 bits per heavy atom. The van der Waals surface area contributed by atoms with Gasteiger partial charge in [0.15, 0.2) is 5.65 Å². The number of fused-ring (bicyclic) bond motifs is 1. The van der Waals surface area contributed by atoms with E-state index in [-0.39, 0.29) is 30.6 Å². The number of nitrogens with zero attached hydrogens (tertiary/aromatic N) is 4. The molecular weight excluding hydrogens is 440 g/mol. The van der Waals surface area contributed by atoms with Crippen molar-refractivity contribution in [3.05, 3.63) is 23.5 Å². The van der Waals surface area contributed by atoms with Gasteiger partial charge < -0.3 is 30.1 Å². The molecule has 3 N–H and O–H groups in total. The van der Waals surface area contributed by atoms with Crippen LogP contribution in [0.2, 0.25) is 0 Å². The van der Waals surface area contributed by atoms with Crippen molar-refractivity contribution < 1.29 is 24.2 Å². The van der Waals surface area contributed by atoms with E-state index < -0.39 is 12.2 Å². The Balaban J connectivity index is 1.55. The number of pyridine rings is 1. The van der Waals surface area contributed by atoms with Gasteiger partial charge in [-0.2, -0.15) is 5.10 Å². The van der Waals surface area contributed by atoms with Crippen LogP contribution < -0.4 is 10.6 Å². The fraction of sp³-hybridized carbons (Fsp3) is 0.652. The molecule has 2 aromatic heterocycles. The number of rotatable bonds is 9. The Hall–Kier alpha value is -2.76. The molecule has 0 radical (unpaired) electrons. The molecule has 1 saturated carbocycles. The highest BCUT2D eigenvalue weighted by Gasteiger charge is 2.41. The lowest BCUT2D eigenvalue weighted by atomic mass is 10.1. The van der Waals surface area contributed by atoms with E-state index in [1.807, 2.05) is 35.6 Å². The molecule has 4 rings (SSSR count). The summed E-state index contributed by atoms with van der Waals surface area (Å²) in [6.07, 6.45) is 1.55. The highest BCUT2D eigenvalue weighted by Crippen LogP contribution is 2.37. The van der Waals surface area contributed by atoms with E-state index in [0.29, 0.717) is 32.7 Å². The van der Waals surface area contributed by atoms with E-state index >= 15 is 0 Å². The number of aromatic nitrogens is 3. The first-order chi connectivity index (χ1) is 16.4. The summed E-state index contributed by atoms with van der Waals surface area (Å²) in [6.45, 7) is 5.63. The highest BCUT2D eigenvalue weighted by atomic mass is 16.5. The largest absolute Gasteiger partial charge is 0.453 e. The molecule has 34 heavy (non-hydrogen) atoms. The van der Waals surface area contributed by atoms with Crippen molar-refractivity contribution in [1.29, 1.82) is 0 Å². The third-order valence-electron chi connectivity index (χ3n) is 6.36. The van der Waals surface area contributed by atoms with Gasteiger partial charge >= 0.3 is 6.09 Å². The summed E-state index contributed by atoms with van der Waals surface area (Å²) in [7, 11) is 1.34. The first-order valence-corrected chi connectivity index (χ1v) is 11.9. The number of aryl methyl sites for hydroxylation is 2. The van der Waals surface area contributed by atoms with Gasteiger partial charge in [0.05, 0.1) is 38.1 Å². The molecule has 1 aliphatic carbocycles. The van der Waals surface area contributed by atoms with Crippen LogP contribution in [0.25, 0.3) is 11.0 Å². The number of aliphatic hydroxyl groups excluding tert-OH is 1. The topological polar surface area (TPSA) is 131 Å². The summed E-state index contributed by atoms with van der Waals surface area (Å²) in [6, 6.07) is 3.75. The molecule has 1 aliphatic heterocycles. The molecule has 3 heterocycles. The Morgan fingerprint density at radius 1 is 1.41 bits per heavy atom. The minimum Gasteiger partial charge on any atom is -0.453 e. The lowest BCUT2D eigenvalue weighted by molar-refractivity contribution is -0.150. The van der Waals surface area contributed by atoms with Crippen LogP contribution >= 0.6 is 0 Å². The van der Waals surface area contributed by atoms with E-state index in [4.69, 9.17) is 14.8 Å². The average molecular weight is 475 g/mol. The molecule has 11 nitrogen and oxygen atoms in total. The fourth-order valence-corrected chi connectivity index (χ4v) is 4.36. The van der Waals surface area contributed by atoms with Crippen LogP contribution in [0.3, 0.4) is 0 Å². The van der Waals surface area contributed by atoms with Gasteiger partial charge in [-0.3, -0.25) is 4.79 Å². The lowest BCUT2D eigenvalue weighted by Crippen LogP contribution is -2.55. The number of hydrogen-bond acceptors (Lipinski definition) is 8. The van der Waals surface area contributed by atoms with Crippen molar-refractivity contribution in [1.82, 2.24) is 30.3 Å². The van der Waals surface area contributed by atoms with Gasteiger partial charge in [-0.25, -0.2) is 14.5 Å². The number of amides is 2. The zero-order chi connectivity index (χ0) is 24.2. The second kappa shape index (κ2) is 10.7. The SMILES string of the molecule is COC(=O)NCCCn1nc([C@@H](C)N(C(=O)[C@H]2CN[C@@H](CO)CO2)C2CC2)c2ccc(C)nc21. The summed E-state index contributed by atoms with van der Waals surface area (Å²) in [5, 5.41) is 21.0. The number of morpholine rings is 1. The maximum atomic E-state index is 13.5. The van der Waals surface area contributed by atoms with E-state index in [0.717, 1.165) is 35.3 Å². The molecule has 0 aromatic carbocycles. The molecule has 2 fully saturated rings. The maximum absolute atomic E-state index is 13.5. The van der Waals surface area contributed by atoms with Crippen molar-refractivity contribution in [2.75, 3.05) is 33.4 Å². The standard InChI is InChI=1S/C23H34N6O5/c1-14-5-8-18-20(27-28(21(18)26-14)10-4-9-24-23(32)33-3)15(2)29(17-6-7-17)22(31)19-11-25-16(12-30)13-34-19/h5,8,15-17,19,25,30H,4,6-7,9-13H2,1-3H3,(H,24,32)/t15-,16+,19-/m1/s1. The van der Waals surface area contributed by atoms with E-state index in [1.54, 1.807) is 0 Å². The number of carbonyl (C=O) groups excluding carboxylic acids is 2. The van der Waals surface area contributed by atoms with E-state index in [1.165, 1.54) is 7.11 Å². The molecule has 11 heteroatoms. The fourth-order valence-electron chi connectivity index (χ4n) is 4.36. The number of carbonyl (C=O) groups is 2. The molecule has 2 amide bonds. The first kappa shape index (κ1) is 24.4. The zero-order valence-electron chi connectivity index (χ0n) is 20.0. The summed E-state index contributed by atoms with van der Waals surface area (Å²) < 4.78 is 12.3. The van der Waals surface area contributed by atoms with Crippen molar-refractivity contribution in [2.45, 2.75) is 63.9 Å². The lowest BCUT2D eigenvalue weighted by Gasteiger charge is -2.35. The summed E-state index contributed by atoms with van der Waals surface area (Å²) in [4.78, 5) is 31.4. The van der Waals surface area contributed by atoms with Gasteiger partial charge in [0.1, 0.15) is 6.10 Å². The quantitative estimate of drug-likeness (QED) is 0.457. The number of methoxy groups -OCH3 is 1. The average Bonchev–Trinajstić information content (AvgIpc) is 3.62. The zero-order valence-corrected chi connectivity index (χ0v) is 20.0. The molecule has 3 atom stereocenters. The van der Waals surface area contributed by atoms with Crippen LogP contribution in [0.5, 0.6) is 0 Å². The number of nitrogens with one attached hydrogen (secondary N) is 2. The monoisotopic (exact) mass is 474 g/mol. The number of hydrogen-bond donors (Lipinski definition) is 3. The maximum Gasteiger partial charge on any atom is 0.406 e. The van der Waals surface area contributed by atoms with Gasteiger partial charge in [-0.05, 0) is 45.2 Å². The molecule has 1 saturated heterocycles. The molecule has 0 unspecified atom stereocenters. The predicted octanol–water partition coefficient (Wildman–Crippen LogP) is 0.887. The normalized spacial score (nSPS) is 21.3. The van der Waals surface area contributed by atoms with Gasteiger partial charge in [0, 0.05) is 36.8 Å². The molecule has 0 spiro atoms. The van der Waals surface area contributed by atoms with Crippen molar-refractivity contribution >= 4 is 23.0 Å². The first-order valence-electron chi connectivity index (χ1n) is 11.9. The summed E-state index contributed by atoms with van der Waals surface area (Å²) in [5.41, 5.74) is 2.46. The predicted molar refractivity (Wildman–Crippen MR) is 124 cm³/mol. The van der Waals surface area contributed by atoms with Gasteiger partial charge in [0.25, 0.3) is 5.91 Å². The molecular formula is C23H34N6O5. The van der Waals surface area contributed by atoms with Crippen LogP contribution in [0.15, 0.2) is 12.1 Å². The molecule has 0 bridgehead atoms. The summed E-state index contributed by atoms with van der Waals surface area (Å²) in [5.74, 6) is -0.0519.